The zero-order chi connectivity index (χ0) is 13.7. The molecule has 18 heavy (non-hydrogen) atoms. The third kappa shape index (κ3) is 3.07. The fraction of sp³-hybridized carbons (Fsp3) is 0.538. The third-order valence-electron chi connectivity index (χ3n) is 2.73. The molecule has 0 atom stereocenters. The Labute approximate surface area is 113 Å². The molecule has 0 spiro atoms. The Hall–Kier alpha value is -0.970. The van der Waals surface area contributed by atoms with Gasteiger partial charge in [0.05, 0.1) is 21.3 Å². The average molecular weight is 274 g/mol. The topological polar surface area (TPSA) is 39.7 Å². The summed E-state index contributed by atoms with van der Waals surface area (Å²) in [6.45, 7) is 4.69. The summed E-state index contributed by atoms with van der Waals surface area (Å²) in [4.78, 5) is 4.88. The number of rotatable bonds is 6. The first-order valence-corrected chi connectivity index (χ1v) is 6.13. The number of hydrogen-bond acceptors (Lipinski definition) is 4. The third-order valence-corrected chi connectivity index (χ3v) is 3.07. The van der Waals surface area contributed by atoms with Gasteiger partial charge < -0.3 is 14.3 Å². The second kappa shape index (κ2) is 6.83. The van der Waals surface area contributed by atoms with E-state index in [1.807, 2.05) is 0 Å². The molecular weight excluding hydrogens is 254 g/mol. The molecule has 0 aliphatic rings. The van der Waals surface area contributed by atoms with Gasteiger partial charge in [-0.25, -0.2) is 0 Å². The molecule has 0 radical (unpaired) electrons. The molecule has 4 nitrogen and oxygen atoms in total. The lowest BCUT2D eigenvalue weighted by Crippen LogP contribution is -2.14. The van der Waals surface area contributed by atoms with Crippen molar-refractivity contribution in [1.82, 2.24) is 5.48 Å². The molecule has 0 fully saturated rings. The van der Waals surface area contributed by atoms with E-state index in [2.05, 4.69) is 19.3 Å². The van der Waals surface area contributed by atoms with Gasteiger partial charge in [-0.15, -0.1) is 0 Å². The van der Waals surface area contributed by atoms with Crippen molar-refractivity contribution in [3.05, 3.63) is 22.2 Å². The van der Waals surface area contributed by atoms with Crippen LogP contribution in [0.25, 0.3) is 0 Å². The van der Waals surface area contributed by atoms with E-state index in [0.29, 0.717) is 17.3 Å². The number of hydrogen-bond donors (Lipinski definition) is 1. The monoisotopic (exact) mass is 273 g/mol. The number of halogens is 1. The fourth-order valence-corrected chi connectivity index (χ4v) is 2.23. The fourth-order valence-electron chi connectivity index (χ4n) is 1.96. The van der Waals surface area contributed by atoms with Crippen LogP contribution in [0.2, 0.25) is 5.02 Å². The summed E-state index contributed by atoms with van der Waals surface area (Å²) >= 11 is 6.29. The highest BCUT2D eigenvalue weighted by Crippen LogP contribution is 2.41. The molecule has 1 aromatic carbocycles. The molecule has 0 amide bonds. The summed E-state index contributed by atoms with van der Waals surface area (Å²) in [5.41, 5.74) is 4.81. The Kier molecular flexibility index (Phi) is 5.72. The maximum atomic E-state index is 6.29. The number of ether oxygens (including phenoxy) is 2. The molecule has 0 unspecified atom stereocenters. The van der Waals surface area contributed by atoms with Crippen LogP contribution in [0, 0.1) is 0 Å². The molecule has 0 aliphatic heterocycles. The smallest absolute Gasteiger partial charge is 0.164 e. The van der Waals surface area contributed by atoms with Gasteiger partial charge in [0.25, 0.3) is 0 Å². The predicted molar refractivity (Wildman–Crippen MR) is 72.5 cm³/mol. The van der Waals surface area contributed by atoms with E-state index >= 15 is 0 Å². The van der Waals surface area contributed by atoms with E-state index in [4.69, 9.17) is 25.9 Å². The summed E-state index contributed by atoms with van der Waals surface area (Å²) in [6.07, 6.45) is 0. The van der Waals surface area contributed by atoms with Gasteiger partial charge in [0.15, 0.2) is 11.5 Å². The van der Waals surface area contributed by atoms with E-state index in [9.17, 15) is 0 Å². The Balaban J connectivity index is 3.39. The van der Waals surface area contributed by atoms with Crippen LogP contribution < -0.4 is 15.0 Å². The Morgan fingerprint density at radius 3 is 2.33 bits per heavy atom. The zero-order valence-electron chi connectivity index (χ0n) is 11.5. The molecule has 1 rings (SSSR count). The number of hydroxylamine groups is 1. The zero-order valence-corrected chi connectivity index (χ0v) is 12.2. The van der Waals surface area contributed by atoms with Crippen molar-refractivity contribution in [2.24, 2.45) is 0 Å². The summed E-state index contributed by atoms with van der Waals surface area (Å²) < 4.78 is 10.8. The van der Waals surface area contributed by atoms with E-state index in [0.717, 1.165) is 16.9 Å². The molecule has 0 bridgehead atoms. The standard InChI is InChI=1S/C13H20ClNO3/c1-8(2)12-9(7-15-18-5)10(14)6-11(16-3)13(12)17-4/h6,8,15H,7H2,1-5H3. The first kappa shape index (κ1) is 15.1. The van der Waals surface area contributed by atoms with Gasteiger partial charge in [-0.1, -0.05) is 25.4 Å². The van der Waals surface area contributed by atoms with E-state index in [-0.39, 0.29) is 5.92 Å². The van der Waals surface area contributed by atoms with Crippen LogP contribution in [-0.2, 0) is 11.4 Å². The van der Waals surface area contributed by atoms with Crippen molar-refractivity contribution >= 4 is 11.6 Å². The van der Waals surface area contributed by atoms with E-state index in [1.165, 1.54) is 0 Å². The van der Waals surface area contributed by atoms with E-state index in [1.54, 1.807) is 27.4 Å². The van der Waals surface area contributed by atoms with Crippen LogP contribution >= 0.6 is 11.6 Å². The second-order valence-electron chi connectivity index (χ2n) is 4.17. The van der Waals surface area contributed by atoms with Crippen molar-refractivity contribution < 1.29 is 14.3 Å². The van der Waals surface area contributed by atoms with Crippen LogP contribution in [0.5, 0.6) is 11.5 Å². The molecule has 5 heteroatoms. The lowest BCUT2D eigenvalue weighted by atomic mass is 9.95. The van der Waals surface area contributed by atoms with Gasteiger partial charge >= 0.3 is 0 Å². The summed E-state index contributed by atoms with van der Waals surface area (Å²) in [6, 6.07) is 1.76. The lowest BCUT2D eigenvalue weighted by molar-refractivity contribution is 0.0864. The van der Waals surface area contributed by atoms with E-state index < -0.39 is 0 Å². The number of benzene rings is 1. The first-order valence-electron chi connectivity index (χ1n) is 5.75. The predicted octanol–water partition coefficient (Wildman–Crippen LogP) is 3.13. The molecule has 0 saturated heterocycles. The highest BCUT2D eigenvalue weighted by Gasteiger charge is 2.20. The maximum Gasteiger partial charge on any atom is 0.164 e. The van der Waals surface area contributed by atoms with Crippen LogP contribution in [0.4, 0.5) is 0 Å². The van der Waals surface area contributed by atoms with Crippen LogP contribution in [0.1, 0.15) is 30.9 Å². The summed E-state index contributed by atoms with van der Waals surface area (Å²) in [5, 5.41) is 0.640. The summed E-state index contributed by atoms with van der Waals surface area (Å²) in [5.74, 6) is 1.64. The normalized spacial score (nSPS) is 10.8. The molecule has 1 N–H and O–H groups in total. The average Bonchev–Trinajstić information content (AvgIpc) is 2.35. The SMILES string of the molecule is CONCc1c(Cl)cc(OC)c(OC)c1C(C)C. The van der Waals surface area contributed by atoms with Gasteiger partial charge in [-0.05, 0) is 11.5 Å². The second-order valence-corrected chi connectivity index (χ2v) is 4.57. The lowest BCUT2D eigenvalue weighted by Gasteiger charge is -2.21. The van der Waals surface area contributed by atoms with Crippen molar-refractivity contribution in [3.8, 4) is 11.5 Å². The molecule has 0 saturated carbocycles. The van der Waals surface area contributed by atoms with Crippen LogP contribution in [0.3, 0.4) is 0 Å². The Morgan fingerprint density at radius 1 is 1.22 bits per heavy atom. The molecular formula is C13H20ClNO3. The van der Waals surface area contributed by atoms with Gasteiger partial charge in [0.1, 0.15) is 0 Å². The van der Waals surface area contributed by atoms with Crippen molar-refractivity contribution in [2.75, 3.05) is 21.3 Å². The quantitative estimate of drug-likeness (QED) is 0.809. The van der Waals surface area contributed by atoms with Gasteiger partial charge in [0.2, 0.25) is 0 Å². The van der Waals surface area contributed by atoms with Gasteiger partial charge in [-0.3, -0.25) is 0 Å². The van der Waals surface area contributed by atoms with Crippen LogP contribution in [-0.4, -0.2) is 21.3 Å². The Morgan fingerprint density at radius 2 is 1.89 bits per heavy atom. The highest BCUT2D eigenvalue weighted by molar-refractivity contribution is 6.31. The molecule has 0 aromatic heterocycles. The van der Waals surface area contributed by atoms with Gasteiger partial charge in [-0.2, -0.15) is 5.48 Å². The van der Waals surface area contributed by atoms with Crippen LogP contribution in [0.15, 0.2) is 6.07 Å². The molecule has 0 aliphatic carbocycles. The molecule has 102 valence electrons. The minimum absolute atomic E-state index is 0.265. The highest BCUT2D eigenvalue weighted by atomic mass is 35.5. The maximum absolute atomic E-state index is 6.29. The minimum Gasteiger partial charge on any atom is -0.493 e. The van der Waals surface area contributed by atoms with Crippen molar-refractivity contribution in [3.63, 3.8) is 0 Å². The minimum atomic E-state index is 0.265. The first-order chi connectivity index (χ1) is 8.56. The van der Waals surface area contributed by atoms with Gasteiger partial charge in [0, 0.05) is 23.2 Å². The molecule has 0 heterocycles. The number of nitrogens with one attached hydrogen (secondary N) is 1. The Bertz CT molecular complexity index is 408. The summed E-state index contributed by atoms with van der Waals surface area (Å²) in [7, 11) is 4.81. The number of methoxy groups -OCH3 is 2. The van der Waals surface area contributed by atoms with Crippen molar-refractivity contribution in [2.45, 2.75) is 26.3 Å². The van der Waals surface area contributed by atoms with Crippen molar-refractivity contribution in [1.29, 1.82) is 0 Å². The largest absolute Gasteiger partial charge is 0.493 e. The molecule has 1 aromatic rings.